The molecule has 0 atom stereocenters. The summed E-state index contributed by atoms with van der Waals surface area (Å²) in [5, 5.41) is 5.62. The normalized spacial score (nSPS) is 10.9. The first kappa shape index (κ1) is 12.6. The monoisotopic (exact) mass is 261 g/mol. The Bertz CT molecular complexity index is 586. The van der Waals surface area contributed by atoms with E-state index in [9.17, 15) is 0 Å². The zero-order chi connectivity index (χ0) is 12.8. The molecule has 0 spiro atoms. The van der Waals surface area contributed by atoms with E-state index < -0.39 is 0 Å². The molecule has 1 aromatic heterocycles. The third kappa shape index (κ3) is 3.30. The van der Waals surface area contributed by atoms with Crippen LogP contribution in [0.4, 0.5) is 0 Å². The van der Waals surface area contributed by atoms with Gasteiger partial charge >= 0.3 is 0 Å². The minimum atomic E-state index is 0.449. The second-order valence-electron chi connectivity index (χ2n) is 3.77. The van der Waals surface area contributed by atoms with Crippen molar-refractivity contribution in [3.05, 3.63) is 40.4 Å². The van der Waals surface area contributed by atoms with Gasteiger partial charge in [-0.1, -0.05) is 25.1 Å². The molecular formula is C13H15N3OS. The summed E-state index contributed by atoms with van der Waals surface area (Å²) >= 11 is 4.89. The zero-order valence-electron chi connectivity index (χ0n) is 10.1. The molecule has 94 valence electrons. The average molecular weight is 261 g/mol. The molecule has 2 N–H and O–H groups in total. The summed E-state index contributed by atoms with van der Waals surface area (Å²) < 4.78 is 6.12. The van der Waals surface area contributed by atoms with Crippen molar-refractivity contribution in [1.29, 1.82) is 0 Å². The Hall–Kier alpha value is -1.88. The van der Waals surface area contributed by atoms with Crippen molar-refractivity contribution in [2.75, 3.05) is 6.61 Å². The number of hydrogen-bond donors (Lipinski definition) is 2. The van der Waals surface area contributed by atoms with Crippen LogP contribution in [0, 0.1) is 4.77 Å². The lowest BCUT2D eigenvalue weighted by atomic mass is 10.2. The molecule has 0 amide bonds. The summed E-state index contributed by atoms with van der Waals surface area (Å²) in [6.45, 7) is 2.80. The predicted octanol–water partition coefficient (Wildman–Crippen LogP) is 3.43. The van der Waals surface area contributed by atoms with Gasteiger partial charge < -0.3 is 4.74 Å². The van der Waals surface area contributed by atoms with Crippen LogP contribution < -0.4 is 4.74 Å². The van der Waals surface area contributed by atoms with E-state index in [0.29, 0.717) is 10.6 Å². The summed E-state index contributed by atoms with van der Waals surface area (Å²) in [4.78, 5) is 4.09. The molecule has 0 aliphatic carbocycles. The first-order valence-electron chi connectivity index (χ1n) is 5.84. The molecule has 18 heavy (non-hydrogen) atoms. The summed E-state index contributed by atoms with van der Waals surface area (Å²) in [5.41, 5.74) is 1.02. The molecule has 0 aliphatic heterocycles. The Kier molecular flexibility index (Phi) is 4.30. The molecule has 0 bridgehead atoms. The quantitative estimate of drug-likeness (QED) is 0.811. The van der Waals surface area contributed by atoms with Gasteiger partial charge in [0, 0.05) is 5.56 Å². The predicted molar refractivity (Wildman–Crippen MR) is 74.9 cm³/mol. The van der Waals surface area contributed by atoms with E-state index in [1.54, 1.807) is 0 Å². The van der Waals surface area contributed by atoms with Gasteiger partial charge in [-0.3, -0.25) is 10.2 Å². The fourth-order valence-electron chi connectivity index (χ4n) is 1.49. The van der Waals surface area contributed by atoms with Crippen LogP contribution in [0.2, 0.25) is 0 Å². The molecule has 4 nitrogen and oxygen atoms in total. The van der Waals surface area contributed by atoms with E-state index in [0.717, 1.165) is 24.3 Å². The van der Waals surface area contributed by atoms with Crippen molar-refractivity contribution in [1.82, 2.24) is 15.2 Å². The number of aromatic amines is 2. The summed E-state index contributed by atoms with van der Waals surface area (Å²) in [7, 11) is 0. The average Bonchev–Trinajstić information content (AvgIpc) is 2.81. The Morgan fingerprint density at radius 2 is 2.11 bits per heavy atom. The van der Waals surface area contributed by atoms with Crippen molar-refractivity contribution in [2.24, 2.45) is 0 Å². The van der Waals surface area contributed by atoms with Gasteiger partial charge in [0.15, 0.2) is 0 Å². The molecule has 5 heteroatoms. The number of rotatable bonds is 5. The molecule has 2 rings (SSSR count). The third-order valence-electron chi connectivity index (χ3n) is 2.32. The van der Waals surface area contributed by atoms with Gasteiger partial charge in [-0.05, 0) is 36.9 Å². The standard InChI is InChI=1S/C13H15N3OS/c1-2-9-17-11-6-4-3-5-10(11)7-8-12-14-13(18)16-15-12/h3-8H,2,9H2,1H3,(H2,14,15,16,18)/b8-7-. The van der Waals surface area contributed by atoms with Crippen LogP contribution in [0.3, 0.4) is 0 Å². The number of nitrogens with one attached hydrogen (secondary N) is 2. The number of aromatic nitrogens is 3. The fourth-order valence-corrected chi connectivity index (χ4v) is 1.64. The second-order valence-corrected chi connectivity index (χ2v) is 4.16. The van der Waals surface area contributed by atoms with Gasteiger partial charge in [-0.15, -0.1) is 0 Å². The van der Waals surface area contributed by atoms with E-state index in [-0.39, 0.29) is 0 Å². The lowest BCUT2D eigenvalue weighted by Gasteiger charge is -2.07. The maximum atomic E-state index is 5.67. The Labute approximate surface area is 111 Å². The van der Waals surface area contributed by atoms with E-state index in [1.807, 2.05) is 36.4 Å². The SMILES string of the molecule is CCCOc1ccccc1/C=C\c1nc(=S)[nH][nH]1. The van der Waals surface area contributed by atoms with Gasteiger partial charge in [0.25, 0.3) is 0 Å². The van der Waals surface area contributed by atoms with Crippen LogP contribution in [-0.2, 0) is 0 Å². The van der Waals surface area contributed by atoms with Gasteiger partial charge in [-0.2, -0.15) is 0 Å². The molecule has 1 heterocycles. The Morgan fingerprint density at radius 1 is 1.28 bits per heavy atom. The van der Waals surface area contributed by atoms with Crippen molar-refractivity contribution >= 4 is 24.4 Å². The van der Waals surface area contributed by atoms with Crippen molar-refractivity contribution < 1.29 is 4.74 Å². The summed E-state index contributed by atoms with van der Waals surface area (Å²) in [5.74, 6) is 1.58. The number of ether oxygens (including phenoxy) is 1. The molecule has 0 saturated carbocycles. The largest absolute Gasteiger partial charge is 0.493 e. The molecule has 0 fully saturated rings. The minimum absolute atomic E-state index is 0.449. The topological polar surface area (TPSA) is 53.7 Å². The minimum Gasteiger partial charge on any atom is -0.493 e. The summed E-state index contributed by atoms with van der Waals surface area (Å²) in [6, 6.07) is 7.90. The van der Waals surface area contributed by atoms with Gasteiger partial charge in [0.05, 0.1) is 6.61 Å². The van der Waals surface area contributed by atoms with Crippen molar-refractivity contribution in [3.63, 3.8) is 0 Å². The number of H-pyrrole nitrogens is 2. The third-order valence-corrected chi connectivity index (χ3v) is 2.51. The molecule has 0 radical (unpaired) electrons. The van der Waals surface area contributed by atoms with Crippen LogP contribution in [0.1, 0.15) is 24.7 Å². The van der Waals surface area contributed by atoms with E-state index in [1.165, 1.54) is 0 Å². The van der Waals surface area contributed by atoms with E-state index >= 15 is 0 Å². The number of para-hydroxylation sites is 1. The van der Waals surface area contributed by atoms with Crippen molar-refractivity contribution in [3.8, 4) is 5.75 Å². The van der Waals surface area contributed by atoms with Crippen LogP contribution >= 0.6 is 12.2 Å². The molecule has 0 unspecified atom stereocenters. The fraction of sp³-hybridized carbons (Fsp3) is 0.231. The first-order chi connectivity index (χ1) is 8.79. The van der Waals surface area contributed by atoms with Crippen LogP contribution in [0.15, 0.2) is 24.3 Å². The Morgan fingerprint density at radius 3 is 2.83 bits per heavy atom. The highest BCUT2D eigenvalue weighted by Gasteiger charge is 1.99. The zero-order valence-corrected chi connectivity index (χ0v) is 11.0. The number of hydrogen-bond acceptors (Lipinski definition) is 3. The maximum Gasteiger partial charge on any atom is 0.213 e. The molecule has 2 aromatic rings. The van der Waals surface area contributed by atoms with E-state index in [4.69, 9.17) is 17.0 Å². The molecule has 0 aliphatic rings. The van der Waals surface area contributed by atoms with Gasteiger partial charge in [0.1, 0.15) is 11.6 Å². The highest BCUT2D eigenvalue weighted by molar-refractivity contribution is 7.71. The van der Waals surface area contributed by atoms with Gasteiger partial charge in [0.2, 0.25) is 4.77 Å². The highest BCUT2D eigenvalue weighted by atomic mass is 32.1. The smallest absolute Gasteiger partial charge is 0.213 e. The van der Waals surface area contributed by atoms with Crippen LogP contribution in [0.5, 0.6) is 5.75 Å². The number of benzene rings is 1. The van der Waals surface area contributed by atoms with E-state index in [2.05, 4.69) is 22.1 Å². The Balaban J connectivity index is 2.17. The highest BCUT2D eigenvalue weighted by Crippen LogP contribution is 2.20. The van der Waals surface area contributed by atoms with Crippen LogP contribution in [0.25, 0.3) is 12.2 Å². The lowest BCUT2D eigenvalue weighted by molar-refractivity contribution is 0.317. The summed E-state index contributed by atoms with van der Waals surface area (Å²) in [6.07, 6.45) is 4.80. The maximum absolute atomic E-state index is 5.67. The van der Waals surface area contributed by atoms with Crippen LogP contribution in [-0.4, -0.2) is 21.8 Å². The number of nitrogens with zero attached hydrogens (tertiary/aromatic N) is 1. The molecular weight excluding hydrogens is 246 g/mol. The van der Waals surface area contributed by atoms with Crippen molar-refractivity contribution in [2.45, 2.75) is 13.3 Å². The second kappa shape index (κ2) is 6.16. The van der Waals surface area contributed by atoms with Gasteiger partial charge in [-0.25, -0.2) is 4.98 Å². The molecule has 1 aromatic carbocycles. The lowest BCUT2D eigenvalue weighted by Crippen LogP contribution is -1.96. The molecule has 0 saturated heterocycles. The first-order valence-corrected chi connectivity index (χ1v) is 6.25.